The van der Waals surface area contributed by atoms with Gasteiger partial charge in [-0.3, -0.25) is 4.98 Å². The van der Waals surface area contributed by atoms with Crippen LogP contribution in [0.4, 0.5) is 5.69 Å². The molecule has 0 unspecified atom stereocenters. The molecule has 110 valence electrons. The minimum absolute atomic E-state index is 0.649. The Morgan fingerprint density at radius 2 is 1.59 bits per heavy atom. The molecule has 0 aliphatic rings. The second kappa shape index (κ2) is 6.82. The van der Waals surface area contributed by atoms with Gasteiger partial charge < -0.3 is 5.32 Å². The first-order valence-electron chi connectivity index (χ1n) is 6.90. The van der Waals surface area contributed by atoms with Gasteiger partial charge in [0.15, 0.2) is 0 Å². The van der Waals surface area contributed by atoms with Gasteiger partial charge in [0.2, 0.25) is 0 Å². The topological polar surface area (TPSA) is 24.9 Å². The zero-order chi connectivity index (χ0) is 15.4. The number of hydrogen-bond acceptors (Lipinski definition) is 2. The molecular formula is C18H14Cl2N2. The normalized spacial score (nSPS) is 10.5. The van der Waals surface area contributed by atoms with E-state index in [1.54, 1.807) is 12.3 Å². The van der Waals surface area contributed by atoms with E-state index in [9.17, 15) is 0 Å². The number of rotatable bonds is 4. The van der Waals surface area contributed by atoms with Gasteiger partial charge in [0.05, 0.1) is 0 Å². The third-order valence-electron chi connectivity index (χ3n) is 3.30. The molecule has 0 amide bonds. The standard InChI is InChI=1S/C18H14Cl2N2/c19-16-8-13(9-17(20)10-16)11-22-18-5-3-14(4-6-18)15-2-1-7-21-12-15/h1-10,12,22H,11H2. The SMILES string of the molecule is Clc1cc(Cl)cc(CNc2ccc(-c3cccnc3)cc2)c1. The maximum atomic E-state index is 6.00. The summed E-state index contributed by atoms with van der Waals surface area (Å²) >= 11 is 12.0. The zero-order valence-electron chi connectivity index (χ0n) is 11.8. The summed E-state index contributed by atoms with van der Waals surface area (Å²) < 4.78 is 0. The summed E-state index contributed by atoms with van der Waals surface area (Å²) in [6, 6.07) is 17.8. The van der Waals surface area contributed by atoms with Gasteiger partial charge in [0, 0.05) is 34.7 Å². The van der Waals surface area contributed by atoms with Crippen molar-refractivity contribution in [2.75, 3.05) is 5.32 Å². The highest BCUT2D eigenvalue weighted by Crippen LogP contribution is 2.22. The van der Waals surface area contributed by atoms with E-state index in [1.807, 2.05) is 30.5 Å². The van der Waals surface area contributed by atoms with Crippen molar-refractivity contribution >= 4 is 28.9 Å². The molecule has 3 aromatic rings. The molecule has 0 atom stereocenters. The van der Waals surface area contributed by atoms with Crippen LogP contribution in [0.25, 0.3) is 11.1 Å². The molecule has 0 aliphatic heterocycles. The highest BCUT2D eigenvalue weighted by molar-refractivity contribution is 6.34. The largest absolute Gasteiger partial charge is 0.381 e. The third-order valence-corrected chi connectivity index (χ3v) is 3.74. The Bertz CT molecular complexity index is 736. The zero-order valence-corrected chi connectivity index (χ0v) is 13.3. The summed E-state index contributed by atoms with van der Waals surface area (Å²) in [5, 5.41) is 4.66. The molecule has 0 saturated carbocycles. The van der Waals surface area contributed by atoms with Crippen LogP contribution in [-0.4, -0.2) is 4.98 Å². The average Bonchev–Trinajstić information content (AvgIpc) is 2.53. The Morgan fingerprint density at radius 3 is 2.23 bits per heavy atom. The maximum absolute atomic E-state index is 6.00. The van der Waals surface area contributed by atoms with Crippen LogP contribution in [-0.2, 0) is 6.54 Å². The van der Waals surface area contributed by atoms with Crippen LogP contribution >= 0.6 is 23.2 Å². The molecule has 4 heteroatoms. The molecule has 0 bridgehead atoms. The Kier molecular flexibility index (Phi) is 4.62. The molecule has 2 nitrogen and oxygen atoms in total. The fraction of sp³-hybridized carbons (Fsp3) is 0.0556. The van der Waals surface area contributed by atoms with Crippen LogP contribution in [0.5, 0.6) is 0 Å². The number of anilines is 1. The molecule has 0 aliphatic carbocycles. The summed E-state index contributed by atoms with van der Waals surface area (Å²) in [5.74, 6) is 0. The fourth-order valence-electron chi connectivity index (χ4n) is 2.23. The van der Waals surface area contributed by atoms with Crippen molar-refractivity contribution in [1.29, 1.82) is 0 Å². The van der Waals surface area contributed by atoms with Gasteiger partial charge >= 0.3 is 0 Å². The van der Waals surface area contributed by atoms with Gasteiger partial charge in [-0.15, -0.1) is 0 Å². The van der Waals surface area contributed by atoms with Crippen LogP contribution in [0.2, 0.25) is 10.0 Å². The van der Waals surface area contributed by atoms with Crippen LogP contribution in [0.15, 0.2) is 67.0 Å². The summed E-state index contributed by atoms with van der Waals surface area (Å²) in [6.45, 7) is 0.673. The van der Waals surface area contributed by atoms with Gasteiger partial charge in [0.1, 0.15) is 0 Å². The number of benzene rings is 2. The first-order valence-corrected chi connectivity index (χ1v) is 7.65. The number of nitrogens with one attached hydrogen (secondary N) is 1. The van der Waals surface area contributed by atoms with Crippen LogP contribution < -0.4 is 5.32 Å². The monoisotopic (exact) mass is 328 g/mol. The Labute approximate surface area is 139 Å². The molecule has 2 aromatic carbocycles. The summed E-state index contributed by atoms with van der Waals surface area (Å²) in [6.07, 6.45) is 3.63. The minimum atomic E-state index is 0.649. The second-order valence-electron chi connectivity index (χ2n) is 4.95. The lowest BCUT2D eigenvalue weighted by Crippen LogP contribution is -1.99. The van der Waals surface area contributed by atoms with E-state index in [1.165, 1.54) is 0 Å². The first-order chi connectivity index (χ1) is 10.7. The van der Waals surface area contributed by atoms with Crippen molar-refractivity contribution in [1.82, 2.24) is 4.98 Å². The molecule has 1 N–H and O–H groups in total. The minimum Gasteiger partial charge on any atom is -0.381 e. The smallest absolute Gasteiger partial charge is 0.0424 e. The van der Waals surface area contributed by atoms with E-state index in [0.29, 0.717) is 16.6 Å². The van der Waals surface area contributed by atoms with Crippen molar-refractivity contribution in [3.8, 4) is 11.1 Å². The fourth-order valence-corrected chi connectivity index (χ4v) is 2.80. The van der Waals surface area contributed by atoms with Crippen LogP contribution in [0.3, 0.4) is 0 Å². The molecule has 0 saturated heterocycles. The molecular weight excluding hydrogens is 315 g/mol. The van der Waals surface area contributed by atoms with Crippen molar-refractivity contribution in [2.24, 2.45) is 0 Å². The van der Waals surface area contributed by atoms with Crippen molar-refractivity contribution < 1.29 is 0 Å². The van der Waals surface area contributed by atoms with E-state index in [4.69, 9.17) is 23.2 Å². The molecule has 1 aromatic heterocycles. The van der Waals surface area contributed by atoms with E-state index in [2.05, 4.69) is 34.6 Å². The lowest BCUT2D eigenvalue weighted by molar-refractivity contribution is 1.15. The van der Waals surface area contributed by atoms with Crippen molar-refractivity contribution in [2.45, 2.75) is 6.54 Å². The van der Waals surface area contributed by atoms with Gasteiger partial charge in [-0.1, -0.05) is 41.4 Å². The van der Waals surface area contributed by atoms with Gasteiger partial charge in [-0.05, 0) is 53.1 Å². The molecule has 0 fully saturated rings. The summed E-state index contributed by atoms with van der Waals surface area (Å²) in [4.78, 5) is 4.14. The van der Waals surface area contributed by atoms with E-state index in [-0.39, 0.29) is 0 Å². The Morgan fingerprint density at radius 1 is 0.864 bits per heavy atom. The van der Waals surface area contributed by atoms with Crippen molar-refractivity contribution in [3.63, 3.8) is 0 Å². The molecule has 1 heterocycles. The lowest BCUT2D eigenvalue weighted by Gasteiger charge is -2.08. The second-order valence-corrected chi connectivity index (χ2v) is 5.82. The third kappa shape index (κ3) is 3.79. The molecule has 0 radical (unpaired) electrons. The molecule has 3 rings (SSSR count). The number of aromatic nitrogens is 1. The van der Waals surface area contributed by atoms with Crippen LogP contribution in [0.1, 0.15) is 5.56 Å². The first kappa shape index (κ1) is 14.9. The number of pyridine rings is 1. The van der Waals surface area contributed by atoms with Crippen molar-refractivity contribution in [3.05, 3.63) is 82.6 Å². The number of halogens is 2. The Balaban J connectivity index is 1.69. The summed E-state index contributed by atoms with van der Waals surface area (Å²) in [5.41, 5.74) is 4.35. The highest BCUT2D eigenvalue weighted by Gasteiger charge is 2.00. The van der Waals surface area contributed by atoms with E-state index >= 15 is 0 Å². The quantitative estimate of drug-likeness (QED) is 0.667. The lowest BCUT2D eigenvalue weighted by atomic mass is 10.1. The van der Waals surface area contributed by atoms with Gasteiger partial charge in [-0.25, -0.2) is 0 Å². The van der Waals surface area contributed by atoms with Gasteiger partial charge in [-0.2, -0.15) is 0 Å². The maximum Gasteiger partial charge on any atom is 0.0424 e. The van der Waals surface area contributed by atoms with Crippen LogP contribution in [0, 0.1) is 0 Å². The average molecular weight is 329 g/mol. The predicted octanol–water partition coefficient (Wildman–Crippen LogP) is 5.67. The Hall–Kier alpha value is -2.03. The van der Waals surface area contributed by atoms with E-state index in [0.717, 1.165) is 22.4 Å². The number of hydrogen-bond donors (Lipinski definition) is 1. The predicted molar refractivity (Wildman–Crippen MR) is 93.5 cm³/mol. The van der Waals surface area contributed by atoms with E-state index < -0.39 is 0 Å². The molecule has 22 heavy (non-hydrogen) atoms. The van der Waals surface area contributed by atoms with Gasteiger partial charge in [0.25, 0.3) is 0 Å². The summed E-state index contributed by atoms with van der Waals surface area (Å²) in [7, 11) is 0. The molecule has 0 spiro atoms. The highest BCUT2D eigenvalue weighted by atomic mass is 35.5. The number of nitrogens with zero attached hydrogens (tertiary/aromatic N) is 1.